The zero-order valence-electron chi connectivity index (χ0n) is 11.1. The minimum absolute atomic E-state index is 0.170. The standard InChI is InChI=1S/C14H23N3/c1-14(2,10-15)11-17-9-8-16(3)12-6-4-5-7-13(12)17/h4-7H,8-11,15H2,1-3H3. The van der Waals surface area contributed by atoms with E-state index in [9.17, 15) is 0 Å². The van der Waals surface area contributed by atoms with Gasteiger partial charge in [0.25, 0.3) is 0 Å². The molecular formula is C14H23N3. The predicted octanol–water partition coefficient (Wildman–Crippen LogP) is 1.93. The lowest BCUT2D eigenvalue weighted by atomic mass is 9.92. The Morgan fingerprint density at radius 3 is 2.47 bits per heavy atom. The molecule has 3 nitrogen and oxygen atoms in total. The normalized spacial score (nSPS) is 16.0. The molecule has 0 fully saturated rings. The summed E-state index contributed by atoms with van der Waals surface area (Å²) in [6, 6.07) is 8.61. The van der Waals surface area contributed by atoms with Gasteiger partial charge < -0.3 is 15.5 Å². The average molecular weight is 233 g/mol. The molecular weight excluding hydrogens is 210 g/mol. The van der Waals surface area contributed by atoms with Gasteiger partial charge in [0.1, 0.15) is 0 Å². The van der Waals surface area contributed by atoms with E-state index in [4.69, 9.17) is 5.73 Å². The summed E-state index contributed by atoms with van der Waals surface area (Å²) >= 11 is 0. The first kappa shape index (κ1) is 12.2. The Kier molecular flexibility index (Phi) is 3.29. The molecule has 1 aliphatic rings. The van der Waals surface area contributed by atoms with Crippen molar-refractivity contribution in [2.45, 2.75) is 13.8 Å². The molecule has 2 rings (SSSR count). The Balaban J connectivity index is 2.24. The third kappa shape index (κ3) is 2.55. The summed E-state index contributed by atoms with van der Waals surface area (Å²) in [7, 11) is 2.16. The van der Waals surface area contributed by atoms with E-state index in [-0.39, 0.29) is 5.41 Å². The molecule has 0 saturated carbocycles. The van der Waals surface area contributed by atoms with E-state index in [2.05, 4.69) is 55.0 Å². The quantitative estimate of drug-likeness (QED) is 0.866. The largest absolute Gasteiger partial charge is 0.371 e. The van der Waals surface area contributed by atoms with Gasteiger partial charge in [0.15, 0.2) is 0 Å². The molecule has 1 aromatic rings. The second-order valence-electron chi connectivity index (χ2n) is 5.70. The second-order valence-corrected chi connectivity index (χ2v) is 5.70. The van der Waals surface area contributed by atoms with Gasteiger partial charge in [-0.3, -0.25) is 0 Å². The molecule has 1 aromatic carbocycles. The molecule has 1 aliphatic heterocycles. The van der Waals surface area contributed by atoms with Crippen LogP contribution in [0, 0.1) is 5.41 Å². The Labute approximate surface area is 104 Å². The van der Waals surface area contributed by atoms with Gasteiger partial charge in [0, 0.05) is 26.7 Å². The summed E-state index contributed by atoms with van der Waals surface area (Å²) in [5.41, 5.74) is 8.66. The van der Waals surface area contributed by atoms with Crippen molar-refractivity contribution < 1.29 is 0 Å². The molecule has 17 heavy (non-hydrogen) atoms. The Morgan fingerprint density at radius 2 is 1.82 bits per heavy atom. The van der Waals surface area contributed by atoms with Crippen LogP contribution in [0.4, 0.5) is 11.4 Å². The van der Waals surface area contributed by atoms with E-state index in [0.29, 0.717) is 0 Å². The molecule has 94 valence electrons. The molecule has 0 radical (unpaired) electrons. The summed E-state index contributed by atoms with van der Waals surface area (Å²) < 4.78 is 0. The third-order valence-electron chi connectivity index (χ3n) is 3.51. The predicted molar refractivity (Wildman–Crippen MR) is 74.8 cm³/mol. The lowest BCUT2D eigenvalue weighted by Crippen LogP contribution is -2.45. The Bertz CT molecular complexity index is 387. The van der Waals surface area contributed by atoms with Gasteiger partial charge in [-0.1, -0.05) is 26.0 Å². The highest BCUT2D eigenvalue weighted by molar-refractivity contribution is 5.73. The van der Waals surface area contributed by atoms with Crippen LogP contribution in [0.15, 0.2) is 24.3 Å². The summed E-state index contributed by atoms with van der Waals surface area (Å²) in [6.45, 7) is 8.37. The van der Waals surface area contributed by atoms with Crippen LogP contribution in [0.5, 0.6) is 0 Å². The highest BCUT2D eigenvalue weighted by Gasteiger charge is 2.25. The summed E-state index contributed by atoms with van der Waals surface area (Å²) in [5, 5.41) is 0. The van der Waals surface area contributed by atoms with Crippen molar-refractivity contribution in [2.75, 3.05) is 43.0 Å². The lowest BCUT2D eigenvalue weighted by molar-refractivity contribution is 0.377. The van der Waals surface area contributed by atoms with E-state index in [1.807, 2.05) is 0 Å². The average Bonchev–Trinajstić information content (AvgIpc) is 2.33. The first-order valence-corrected chi connectivity index (χ1v) is 6.29. The van der Waals surface area contributed by atoms with E-state index in [0.717, 1.165) is 26.2 Å². The first-order chi connectivity index (χ1) is 8.03. The van der Waals surface area contributed by atoms with Crippen molar-refractivity contribution in [3.8, 4) is 0 Å². The van der Waals surface area contributed by atoms with Gasteiger partial charge in [-0.25, -0.2) is 0 Å². The van der Waals surface area contributed by atoms with Crippen LogP contribution < -0.4 is 15.5 Å². The van der Waals surface area contributed by atoms with Crippen LogP contribution in [-0.2, 0) is 0 Å². The van der Waals surface area contributed by atoms with Gasteiger partial charge in [-0.2, -0.15) is 0 Å². The molecule has 0 atom stereocenters. The molecule has 0 unspecified atom stereocenters. The zero-order valence-corrected chi connectivity index (χ0v) is 11.1. The van der Waals surface area contributed by atoms with Gasteiger partial charge in [-0.05, 0) is 24.1 Å². The highest BCUT2D eigenvalue weighted by atomic mass is 15.3. The monoisotopic (exact) mass is 233 g/mol. The van der Waals surface area contributed by atoms with Gasteiger partial charge in [0.2, 0.25) is 0 Å². The molecule has 3 heteroatoms. The Morgan fingerprint density at radius 1 is 1.18 bits per heavy atom. The van der Waals surface area contributed by atoms with Crippen LogP contribution in [-0.4, -0.2) is 33.2 Å². The molecule has 0 bridgehead atoms. The van der Waals surface area contributed by atoms with Gasteiger partial charge >= 0.3 is 0 Å². The zero-order chi connectivity index (χ0) is 12.5. The minimum atomic E-state index is 0.170. The summed E-state index contributed by atoms with van der Waals surface area (Å²) in [6.07, 6.45) is 0. The number of nitrogens with two attached hydrogens (primary N) is 1. The molecule has 0 spiro atoms. The summed E-state index contributed by atoms with van der Waals surface area (Å²) in [4.78, 5) is 4.78. The fourth-order valence-electron chi connectivity index (χ4n) is 2.31. The SMILES string of the molecule is CN1CCN(CC(C)(C)CN)c2ccccc21. The molecule has 1 heterocycles. The highest BCUT2D eigenvalue weighted by Crippen LogP contribution is 2.33. The smallest absolute Gasteiger partial charge is 0.0604 e. The maximum atomic E-state index is 5.83. The Hall–Kier alpha value is -1.22. The number of hydrogen-bond donors (Lipinski definition) is 1. The third-order valence-corrected chi connectivity index (χ3v) is 3.51. The van der Waals surface area contributed by atoms with E-state index < -0.39 is 0 Å². The molecule has 0 aromatic heterocycles. The van der Waals surface area contributed by atoms with Crippen LogP contribution in [0.25, 0.3) is 0 Å². The molecule has 0 amide bonds. The van der Waals surface area contributed by atoms with E-state index >= 15 is 0 Å². The van der Waals surface area contributed by atoms with Crippen molar-refractivity contribution in [3.05, 3.63) is 24.3 Å². The lowest BCUT2D eigenvalue weighted by Gasteiger charge is -2.40. The van der Waals surface area contributed by atoms with Crippen LogP contribution in [0.3, 0.4) is 0 Å². The number of anilines is 2. The maximum absolute atomic E-state index is 5.83. The number of fused-ring (bicyclic) bond motifs is 1. The minimum Gasteiger partial charge on any atom is -0.371 e. The molecule has 0 saturated heterocycles. The topological polar surface area (TPSA) is 32.5 Å². The number of hydrogen-bond acceptors (Lipinski definition) is 3. The first-order valence-electron chi connectivity index (χ1n) is 6.29. The van der Waals surface area contributed by atoms with Crippen molar-refractivity contribution >= 4 is 11.4 Å². The number of rotatable bonds is 3. The van der Waals surface area contributed by atoms with Gasteiger partial charge in [-0.15, -0.1) is 0 Å². The van der Waals surface area contributed by atoms with Crippen molar-refractivity contribution in [2.24, 2.45) is 11.1 Å². The molecule has 2 N–H and O–H groups in total. The van der Waals surface area contributed by atoms with Crippen LogP contribution >= 0.6 is 0 Å². The van der Waals surface area contributed by atoms with Crippen LogP contribution in [0.2, 0.25) is 0 Å². The second kappa shape index (κ2) is 4.57. The van der Waals surface area contributed by atoms with Gasteiger partial charge in [0.05, 0.1) is 11.4 Å². The van der Waals surface area contributed by atoms with E-state index in [1.54, 1.807) is 0 Å². The molecule has 0 aliphatic carbocycles. The number of likely N-dealkylation sites (N-methyl/N-ethyl adjacent to an activating group) is 1. The fourth-order valence-corrected chi connectivity index (χ4v) is 2.31. The summed E-state index contributed by atoms with van der Waals surface area (Å²) in [5.74, 6) is 0. The number of nitrogens with zero attached hydrogens (tertiary/aromatic N) is 2. The van der Waals surface area contributed by atoms with E-state index in [1.165, 1.54) is 11.4 Å². The number of benzene rings is 1. The fraction of sp³-hybridized carbons (Fsp3) is 0.571. The number of para-hydroxylation sites is 2. The van der Waals surface area contributed by atoms with Crippen LogP contribution in [0.1, 0.15) is 13.8 Å². The van der Waals surface area contributed by atoms with Crippen molar-refractivity contribution in [1.82, 2.24) is 0 Å². The van der Waals surface area contributed by atoms with Crippen molar-refractivity contribution in [3.63, 3.8) is 0 Å². The maximum Gasteiger partial charge on any atom is 0.0604 e. The van der Waals surface area contributed by atoms with Crippen molar-refractivity contribution in [1.29, 1.82) is 0 Å².